The predicted molar refractivity (Wildman–Crippen MR) is 127 cm³/mol. The zero-order valence-corrected chi connectivity index (χ0v) is 18.5. The molecular weight excluding hydrogens is 421 g/mol. The third-order valence-corrected chi connectivity index (χ3v) is 5.57. The van der Waals surface area contributed by atoms with E-state index in [1.165, 1.54) is 12.1 Å². The molecule has 1 aliphatic rings. The number of anilines is 2. The summed E-state index contributed by atoms with van der Waals surface area (Å²) in [6, 6.07) is 20.7. The molecule has 6 nitrogen and oxygen atoms in total. The van der Waals surface area contributed by atoms with Crippen LogP contribution in [0.1, 0.15) is 27.6 Å². The van der Waals surface area contributed by atoms with E-state index in [0.717, 1.165) is 5.69 Å². The van der Waals surface area contributed by atoms with Gasteiger partial charge in [0.1, 0.15) is 11.6 Å². The van der Waals surface area contributed by atoms with Gasteiger partial charge in [0.25, 0.3) is 11.8 Å². The number of halogens is 1. The Morgan fingerprint density at radius 1 is 0.939 bits per heavy atom. The predicted octanol–water partition coefficient (Wildman–Crippen LogP) is 4.44. The molecule has 1 aliphatic heterocycles. The van der Waals surface area contributed by atoms with Gasteiger partial charge in [-0.1, -0.05) is 18.2 Å². The molecule has 1 N–H and O–H groups in total. The quantitative estimate of drug-likeness (QED) is 0.607. The fourth-order valence-electron chi connectivity index (χ4n) is 3.83. The lowest BCUT2D eigenvalue weighted by Gasteiger charge is -2.36. The number of piperazine rings is 1. The van der Waals surface area contributed by atoms with Crippen molar-refractivity contribution >= 4 is 23.2 Å². The number of benzene rings is 3. The molecule has 0 unspecified atom stereocenters. The second-order valence-corrected chi connectivity index (χ2v) is 7.72. The van der Waals surface area contributed by atoms with E-state index in [1.807, 2.05) is 37.3 Å². The van der Waals surface area contributed by atoms with Gasteiger partial charge < -0.3 is 19.9 Å². The van der Waals surface area contributed by atoms with Crippen molar-refractivity contribution in [2.24, 2.45) is 0 Å². The van der Waals surface area contributed by atoms with Gasteiger partial charge in [-0.2, -0.15) is 0 Å². The van der Waals surface area contributed by atoms with Crippen LogP contribution in [0.25, 0.3) is 0 Å². The van der Waals surface area contributed by atoms with Crippen LogP contribution in [-0.4, -0.2) is 49.5 Å². The average Bonchev–Trinajstić information content (AvgIpc) is 2.85. The molecule has 3 aromatic carbocycles. The van der Waals surface area contributed by atoms with E-state index in [0.29, 0.717) is 49.8 Å². The van der Waals surface area contributed by atoms with E-state index in [1.54, 1.807) is 35.2 Å². The van der Waals surface area contributed by atoms with E-state index >= 15 is 0 Å². The fourth-order valence-corrected chi connectivity index (χ4v) is 3.83. The van der Waals surface area contributed by atoms with Crippen LogP contribution >= 0.6 is 0 Å². The summed E-state index contributed by atoms with van der Waals surface area (Å²) in [6.45, 7) is 4.77. The Hall–Kier alpha value is -3.87. The van der Waals surface area contributed by atoms with Gasteiger partial charge >= 0.3 is 0 Å². The Kier molecular flexibility index (Phi) is 6.88. The lowest BCUT2D eigenvalue weighted by Crippen LogP contribution is -2.49. The lowest BCUT2D eigenvalue weighted by atomic mass is 10.1. The maximum Gasteiger partial charge on any atom is 0.256 e. The topological polar surface area (TPSA) is 61.9 Å². The number of hydrogen-bond donors (Lipinski definition) is 1. The van der Waals surface area contributed by atoms with Gasteiger partial charge in [-0.05, 0) is 61.5 Å². The van der Waals surface area contributed by atoms with Crippen molar-refractivity contribution in [1.29, 1.82) is 0 Å². The van der Waals surface area contributed by atoms with Crippen molar-refractivity contribution < 1.29 is 18.7 Å². The van der Waals surface area contributed by atoms with Crippen molar-refractivity contribution in [3.05, 3.63) is 89.7 Å². The van der Waals surface area contributed by atoms with Crippen molar-refractivity contribution in [3.8, 4) is 5.75 Å². The first kappa shape index (κ1) is 22.3. The Bertz CT molecular complexity index is 1130. The summed E-state index contributed by atoms with van der Waals surface area (Å²) >= 11 is 0. The van der Waals surface area contributed by atoms with Gasteiger partial charge in [0, 0.05) is 43.1 Å². The molecule has 3 aromatic rings. The lowest BCUT2D eigenvalue weighted by molar-refractivity contribution is 0.0742. The Balaban J connectivity index is 1.33. The summed E-state index contributed by atoms with van der Waals surface area (Å²) in [4.78, 5) is 29.0. The summed E-state index contributed by atoms with van der Waals surface area (Å²) in [5.74, 6) is -0.316. The van der Waals surface area contributed by atoms with Crippen LogP contribution in [0, 0.1) is 5.82 Å². The Morgan fingerprint density at radius 3 is 2.36 bits per heavy atom. The third-order valence-electron chi connectivity index (χ3n) is 5.57. The first-order chi connectivity index (χ1) is 16.0. The van der Waals surface area contributed by atoms with Crippen LogP contribution in [0.2, 0.25) is 0 Å². The number of amides is 2. The zero-order chi connectivity index (χ0) is 23.2. The second kappa shape index (κ2) is 10.2. The molecule has 2 amide bonds. The smallest absolute Gasteiger partial charge is 0.256 e. The van der Waals surface area contributed by atoms with Gasteiger partial charge in [0.05, 0.1) is 12.2 Å². The van der Waals surface area contributed by atoms with Crippen LogP contribution in [0.4, 0.5) is 15.8 Å². The molecule has 0 aliphatic carbocycles. The van der Waals surface area contributed by atoms with Gasteiger partial charge in [-0.3, -0.25) is 9.59 Å². The van der Waals surface area contributed by atoms with Crippen LogP contribution in [0.15, 0.2) is 72.8 Å². The number of ether oxygens (including phenoxy) is 1. The van der Waals surface area contributed by atoms with Gasteiger partial charge in [-0.25, -0.2) is 4.39 Å². The molecule has 0 spiro atoms. The maximum absolute atomic E-state index is 13.9. The van der Waals surface area contributed by atoms with E-state index in [2.05, 4.69) is 10.2 Å². The van der Waals surface area contributed by atoms with E-state index in [4.69, 9.17) is 4.74 Å². The summed E-state index contributed by atoms with van der Waals surface area (Å²) < 4.78 is 19.4. The molecule has 4 rings (SSSR count). The maximum atomic E-state index is 13.9. The molecule has 7 heteroatoms. The minimum Gasteiger partial charge on any atom is -0.494 e. The summed E-state index contributed by atoms with van der Waals surface area (Å²) in [7, 11) is 0. The Labute approximate surface area is 192 Å². The van der Waals surface area contributed by atoms with Gasteiger partial charge in [-0.15, -0.1) is 0 Å². The molecule has 0 saturated carbocycles. The summed E-state index contributed by atoms with van der Waals surface area (Å²) in [5, 5.41) is 2.90. The number of carbonyl (C=O) groups excluding carboxylic acids is 2. The zero-order valence-electron chi connectivity index (χ0n) is 18.5. The highest BCUT2D eigenvalue weighted by atomic mass is 19.1. The van der Waals surface area contributed by atoms with E-state index < -0.39 is 5.82 Å². The number of nitrogens with one attached hydrogen (secondary N) is 1. The molecule has 170 valence electrons. The normalized spacial score (nSPS) is 13.5. The van der Waals surface area contributed by atoms with Crippen molar-refractivity contribution in [3.63, 3.8) is 0 Å². The van der Waals surface area contributed by atoms with Crippen molar-refractivity contribution in [2.45, 2.75) is 6.92 Å². The highest BCUT2D eigenvalue weighted by molar-refractivity contribution is 6.04. The van der Waals surface area contributed by atoms with Gasteiger partial charge in [0.15, 0.2) is 0 Å². The number of hydrogen-bond acceptors (Lipinski definition) is 4. The number of rotatable bonds is 6. The van der Waals surface area contributed by atoms with E-state index in [-0.39, 0.29) is 17.4 Å². The number of nitrogens with zero attached hydrogens (tertiary/aromatic N) is 2. The molecule has 0 atom stereocenters. The number of carbonyl (C=O) groups is 2. The highest BCUT2D eigenvalue weighted by Crippen LogP contribution is 2.22. The second-order valence-electron chi connectivity index (χ2n) is 7.72. The molecule has 0 radical (unpaired) electrons. The van der Waals surface area contributed by atoms with Crippen LogP contribution in [0.5, 0.6) is 5.75 Å². The highest BCUT2D eigenvalue weighted by Gasteiger charge is 2.24. The van der Waals surface area contributed by atoms with E-state index in [9.17, 15) is 14.0 Å². The SMILES string of the molecule is CCOc1cccc(C(=O)Nc2ccc(N3CCN(C(=O)c4ccccc4F)CC3)cc2)c1. The minimum atomic E-state index is -0.493. The molecule has 33 heavy (non-hydrogen) atoms. The Morgan fingerprint density at radius 2 is 1.67 bits per heavy atom. The molecule has 1 saturated heterocycles. The first-order valence-electron chi connectivity index (χ1n) is 11.0. The van der Waals surface area contributed by atoms with Crippen molar-refractivity contribution in [2.75, 3.05) is 43.0 Å². The fraction of sp³-hybridized carbons (Fsp3) is 0.231. The average molecular weight is 448 g/mol. The monoisotopic (exact) mass is 447 g/mol. The minimum absolute atomic E-state index is 0.109. The summed E-state index contributed by atoms with van der Waals surface area (Å²) in [5.41, 5.74) is 2.33. The molecule has 1 heterocycles. The molecule has 0 bridgehead atoms. The van der Waals surface area contributed by atoms with Crippen molar-refractivity contribution in [1.82, 2.24) is 4.90 Å². The molecule has 0 aromatic heterocycles. The van der Waals surface area contributed by atoms with Crippen LogP contribution in [0.3, 0.4) is 0 Å². The van der Waals surface area contributed by atoms with Crippen LogP contribution in [-0.2, 0) is 0 Å². The molecule has 1 fully saturated rings. The molecular formula is C26H26FN3O3. The largest absolute Gasteiger partial charge is 0.494 e. The first-order valence-corrected chi connectivity index (χ1v) is 11.0. The van der Waals surface area contributed by atoms with Gasteiger partial charge in [0.2, 0.25) is 0 Å². The van der Waals surface area contributed by atoms with Crippen LogP contribution < -0.4 is 15.0 Å². The summed E-state index contributed by atoms with van der Waals surface area (Å²) in [6.07, 6.45) is 0. The third kappa shape index (κ3) is 5.31. The standard InChI is InChI=1S/C26H26FN3O3/c1-2-33-22-7-5-6-19(18-22)25(31)28-20-10-12-21(13-11-20)29-14-16-30(17-15-29)26(32)23-8-3-4-9-24(23)27/h3-13,18H,2,14-17H2,1H3,(H,28,31).